The van der Waals surface area contributed by atoms with Gasteiger partial charge in [0.25, 0.3) is 0 Å². The zero-order valence-corrected chi connectivity index (χ0v) is 8.21. The Kier molecular flexibility index (Phi) is 3.47. The molecular formula is C9H6ClFN2O2. The number of hydrogen-bond donors (Lipinski definition) is 1. The van der Waals surface area contributed by atoms with Crippen molar-refractivity contribution in [2.75, 3.05) is 12.3 Å². The van der Waals surface area contributed by atoms with Crippen molar-refractivity contribution in [1.82, 2.24) is 0 Å². The molecule has 0 atom stereocenters. The molecule has 1 aromatic rings. The maximum Gasteiger partial charge on any atom is 0.342 e. The zero-order chi connectivity index (χ0) is 11.4. The Hall–Kier alpha value is -1.80. The largest absolute Gasteiger partial charge is 0.447 e. The summed E-state index contributed by atoms with van der Waals surface area (Å²) in [5.41, 5.74) is 5.13. The van der Waals surface area contributed by atoms with Gasteiger partial charge in [-0.1, -0.05) is 11.6 Å². The van der Waals surface area contributed by atoms with Crippen LogP contribution in [-0.2, 0) is 4.74 Å². The van der Waals surface area contributed by atoms with Crippen molar-refractivity contribution in [2.45, 2.75) is 0 Å². The van der Waals surface area contributed by atoms with Gasteiger partial charge in [0.1, 0.15) is 17.4 Å². The second-order valence-corrected chi connectivity index (χ2v) is 2.99. The first kappa shape index (κ1) is 11.3. The van der Waals surface area contributed by atoms with E-state index in [9.17, 15) is 9.18 Å². The number of esters is 1. The Morgan fingerprint density at radius 2 is 2.33 bits per heavy atom. The fourth-order valence-electron chi connectivity index (χ4n) is 0.979. The lowest BCUT2D eigenvalue weighted by Crippen LogP contribution is -2.09. The van der Waals surface area contributed by atoms with Gasteiger partial charge in [0, 0.05) is 0 Å². The minimum absolute atomic E-state index is 0.122. The Balaban J connectivity index is 3.04. The molecule has 0 fully saturated rings. The highest BCUT2D eigenvalue weighted by Crippen LogP contribution is 2.24. The Bertz CT molecular complexity index is 419. The summed E-state index contributed by atoms with van der Waals surface area (Å²) in [6, 6.07) is 3.52. The molecule has 4 nitrogen and oxygen atoms in total. The number of nitrogens with two attached hydrogens (primary N) is 1. The first-order valence-corrected chi connectivity index (χ1v) is 4.22. The predicted octanol–water partition coefficient (Wildman–Crippen LogP) is 1.74. The highest BCUT2D eigenvalue weighted by molar-refractivity contribution is 6.34. The zero-order valence-electron chi connectivity index (χ0n) is 7.46. The number of ether oxygens (including phenoxy) is 1. The molecule has 0 saturated heterocycles. The van der Waals surface area contributed by atoms with Crippen LogP contribution in [0.4, 0.5) is 10.1 Å². The standard InChI is InChI=1S/C9H6ClFN2O2/c10-6-3-5(11)4-7(13)8(6)9(14)15-2-1-12/h3-4H,2,13H2. The lowest BCUT2D eigenvalue weighted by Gasteiger charge is -2.06. The number of carbonyl (C=O) groups is 1. The summed E-state index contributed by atoms with van der Waals surface area (Å²) >= 11 is 5.60. The van der Waals surface area contributed by atoms with Crippen LogP contribution in [0.2, 0.25) is 5.02 Å². The molecule has 0 aromatic heterocycles. The maximum atomic E-state index is 12.8. The van der Waals surface area contributed by atoms with Crippen molar-refractivity contribution < 1.29 is 13.9 Å². The molecule has 0 radical (unpaired) electrons. The Labute approximate surface area is 90.0 Å². The Morgan fingerprint density at radius 1 is 1.67 bits per heavy atom. The second-order valence-electron chi connectivity index (χ2n) is 2.59. The van der Waals surface area contributed by atoms with Crippen molar-refractivity contribution in [3.63, 3.8) is 0 Å². The molecule has 2 N–H and O–H groups in total. The van der Waals surface area contributed by atoms with Crippen LogP contribution in [-0.4, -0.2) is 12.6 Å². The minimum Gasteiger partial charge on any atom is -0.447 e. The number of carbonyl (C=O) groups excluding carboxylic acids is 1. The smallest absolute Gasteiger partial charge is 0.342 e. The molecule has 0 spiro atoms. The summed E-state index contributed by atoms with van der Waals surface area (Å²) in [4.78, 5) is 11.3. The number of rotatable bonds is 2. The van der Waals surface area contributed by atoms with Crippen LogP contribution in [0.3, 0.4) is 0 Å². The molecule has 0 unspecified atom stereocenters. The molecule has 78 valence electrons. The van der Waals surface area contributed by atoms with Crippen molar-refractivity contribution >= 4 is 23.3 Å². The molecule has 1 rings (SSSR count). The topological polar surface area (TPSA) is 76.1 Å². The number of benzene rings is 1. The van der Waals surface area contributed by atoms with E-state index in [1.165, 1.54) is 0 Å². The van der Waals surface area contributed by atoms with E-state index >= 15 is 0 Å². The van der Waals surface area contributed by atoms with E-state index < -0.39 is 18.4 Å². The number of anilines is 1. The molecule has 1 aromatic carbocycles. The quantitative estimate of drug-likeness (QED) is 0.618. The van der Waals surface area contributed by atoms with Crippen LogP contribution in [0.1, 0.15) is 10.4 Å². The van der Waals surface area contributed by atoms with E-state index in [1.54, 1.807) is 6.07 Å². The maximum absolute atomic E-state index is 12.8. The molecule has 0 aliphatic heterocycles. The predicted molar refractivity (Wildman–Crippen MR) is 51.7 cm³/mol. The van der Waals surface area contributed by atoms with Crippen LogP contribution >= 0.6 is 11.6 Å². The number of nitrogen functional groups attached to an aromatic ring is 1. The van der Waals surface area contributed by atoms with Crippen LogP contribution in [0, 0.1) is 17.1 Å². The monoisotopic (exact) mass is 228 g/mol. The van der Waals surface area contributed by atoms with Crippen LogP contribution < -0.4 is 5.73 Å². The molecule has 0 aliphatic carbocycles. The third-order valence-electron chi connectivity index (χ3n) is 1.56. The van der Waals surface area contributed by atoms with Crippen molar-refractivity contribution in [2.24, 2.45) is 0 Å². The van der Waals surface area contributed by atoms with E-state index in [0.717, 1.165) is 12.1 Å². The summed E-state index contributed by atoms with van der Waals surface area (Å²) in [7, 11) is 0. The molecule has 0 amide bonds. The van der Waals surface area contributed by atoms with E-state index in [-0.39, 0.29) is 16.3 Å². The second kappa shape index (κ2) is 4.62. The van der Waals surface area contributed by atoms with Crippen molar-refractivity contribution in [3.8, 4) is 6.07 Å². The molecule has 0 bridgehead atoms. The molecule has 0 saturated carbocycles. The number of hydrogen-bond acceptors (Lipinski definition) is 4. The summed E-state index contributed by atoms with van der Waals surface area (Å²) in [5.74, 6) is -1.49. The van der Waals surface area contributed by atoms with Gasteiger partial charge in [-0.25, -0.2) is 9.18 Å². The van der Waals surface area contributed by atoms with E-state index in [1.807, 2.05) is 0 Å². The number of nitriles is 1. The molecule has 0 heterocycles. The van der Waals surface area contributed by atoms with Gasteiger partial charge >= 0.3 is 5.97 Å². The highest BCUT2D eigenvalue weighted by Gasteiger charge is 2.16. The van der Waals surface area contributed by atoms with Gasteiger partial charge < -0.3 is 10.5 Å². The molecule has 15 heavy (non-hydrogen) atoms. The lowest BCUT2D eigenvalue weighted by atomic mass is 10.2. The SMILES string of the molecule is N#CCOC(=O)c1c(N)cc(F)cc1Cl. The normalized spacial score (nSPS) is 9.40. The minimum atomic E-state index is -0.848. The molecule has 6 heteroatoms. The van der Waals surface area contributed by atoms with Gasteiger partial charge in [0.15, 0.2) is 6.61 Å². The average molecular weight is 229 g/mol. The third kappa shape index (κ3) is 2.58. The van der Waals surface area contributed by atoms with E-state index in [4.69, 9.17) is 22.6 Å². The van der Waals surface area contributed by atoms with Crippen LogP contribution in [0.5, 0.6) is 0 Å². The van der Waals surface area contributed by atoms with Gasteiger partial charge in [0.2, 0.25) is 0 Å². The highest BCUT2D eigenvalue weighted by atomic mass is 35.5. The first-order valence-electron chi connectivity index (χ1n) is 3.85. The third-order valence-corrected chi connectivity index (χ3v) is 1.86. The van der Waals surface area contributed by atoms with Gasteiger partial charge in [-0.3, -0.25) is 0 Å². The fourth-order valence-corrected chi connectivity index (χ4v) is 1.27. The average Bonchev–Trinajstić information content (AvgIpc) is 2.12. The van der Waals surface area contributed by atoms with Crippen molar-refractivity contribution in [3.05, 3.63) is 28.5 Å². The summed E-state index contributed by atoms with van der Waals surface area (Å²) in [6.07, 6.45) is 0. The van der Waals surface area contributed by atoms with Gasteiger partial charge in [-0.15, -0.1) is 0 Å². The summed E-state index contributed by atoms with van der Waals surface area (Å²) < 4.78 is 17.2. The van der Waals surface area contributed by atoms with Crippen molar-refractivity contribution in [1.29, 1.82) is 5.26 Å². The fraction of sp³-hybridized carbons (Fsp3) is 0.111. The van der Waals surface area contributed by atoms with Crippen LogP contribution in [0.15, 0.2) is 12.1 Å². The molecule has 0 aliphatic rings. The van der Waals surface area contributed by atoms with Gasteiger partial charge in [0.05, 0.1) is 10.7 Å². The molecular weight excluding hydrogens is 223 g/mol. The van der Waals surface area contributed by atoms with Gasteiger partial charge in [-0.05, 0) is 12.1 Å². The van der Waals surface area contributed by atoms with E-state index in [0.29, 0.717) is 0 Å². The van der Waals surface area contributed by atoms with E-state index in [2.05, 4.69) is 4.74 Å². The summed E-state index contributed by atoms with van der Waals surface area (Å²) in [6.45, 7) is -0.411. The van der Waals surface area contributed by atoms with Crippen LogP contribution in [0.25, 0.3) is 0 Å². The number of nitrogens with zero attached hydrogens (tertiary/aromatic N) is 1. The van der Waals surface area contributed by atoms with Gasteiger partial charge in [-0.2, -0.15) is 5.26 Å². The Morgan fingerprint density at radius 3 is 2.87 bits per heavy atom. The number of halogens is 2. The summed E-state index contributed by atoms with van der Waals surface area (Å²) in [5, 5.41) is 8.05. The first-order chi connectivity index (χ1) is 7.06. The lowest BCUT2D eigenvalue weighted by molar-refractivity contribution is 0.0556.